The van der Waals surface area contributed by atoms with Gasteiger partial charge in [0.2, 0.25) is 0 Å². The van der Waals surface area contributed by atoms with E-state index in [1.54, 1.807) is 24.3 Å². The molecule has 3 aromatic carbocycles. The van der Waals surface area contributed by atoms with Crippen LogP contribution in [0.25, 0.3) is 10.8 Å². The minimum absolute atomic E-state index is 0.297. The van der Waals surface area contributed by atoms with Crippen molar-refractivity contribution in [3.05, 3.63) is 83.2 Å². The van der Waals surface area contributed by atoms with Gasteiger partial charge in [-0.05, 0) is 34.7 Å². The summed E-state index contributed by atoms with van der Waals surface area (Å²) in [6.07, 6.45) is 0. The molecule has 0 heterocycles. The molecule has 1 unspecified atom stereocenters. The van der Waals surface area contributed by atoms with Crippen molar-refractivity contribution in [2.24, 2.45) is 0 Å². The van der Waals surface area contributed by atoms with Crippen molar-refractivity contribution in [1.29, 1.82) is 0 Å². The van der Waals surface area contributed by atoms with Gasteiger partial charge in [-0.2, -0.15) is 0 Å². The van der Waals surface area contributed by atoms with Crippen LogP contribution in [0.15, 0.2) is 54.6 Å². The molecule has 0 aliphatic carbocycles. The van der Waals surface area contributed by atoms with Crippen LogP contribution in [-0.2, 0) is 0 Å². The maximum absolute atomic E-state index is 13.8. The predicted molar refractivity (Wildman–Crippen MR) is 78.0 cm³/mol. The first kappa shape index (κ1) is 14.0. The second-order valence-corrected chi connectivity index (χ2v) is 5.18. The van der Waals surface area contributed by atoms with Gasteiger partial charge in [-0.15, -0.1) is 11.6 Å². The van der Waals surface area contributed by atoms with Crippen LogP contribution in [0.3, 0.4) is 0 Å². The molecule has 0 N–H and O–H groups in total. The standard InChI is InChI=1S/C17H10ClF3/c18-17(10-7-11(19)9-12(20)8-10)15-5-6-16(21)14-4-2-1-3-13(14)15/h1-9,17H. The molecule has 0 saturated carbocycles. The Hall–Kier alpha value is -2.00. The van der Waals surface area contributed by atoms with Gasteiger partial charge >= 0.3 is 0 Å². The molecule has 21 heavy (non-hydrogen) atoms. The number of benzene rings is 3. The Morgan fingerprint density at radius 2 is 1.38 bits per heavy atom. The van der Waals surface area contributed by atoms with Crippen LogP contribution in [0.1, 0.15) is 16.5 Å². The van der Waals surface area contributed by atoms with Gasteiger partial charge in [0.15, 0.2) is 0 Å². The molecule has 0 spiro atoms. The second kappa shape index (κ2) is 5.41. The molecular weight excluding hydrogens is 297 g/mol. The Bertz CT molecular complexity index is 794. The van der Waals surface area contributed by atoms with Gasteiger partial charge in [0.25, 0.3) is 0 Å². The third-order valence-corrected chi connectivity index (χ3v) is 3.84. The molecule has 0 nitrogen and oxygen atoms in total. The van der Waals surface area contributed by atoms with Gasteiger partial charge in [0.05, 0.1) is 5.38 Å². The lowest BCUT2D eigenvalue weighted by atomic mass is 9.97. The highest BCUT2D eigenvalue weighted by atomic mass is 35.5. The van der Waals surface area contributed by atoms with Gasteiger partial charge in [-0.3, -0.25) is 0 Å². The zero-order chi connectivity index (χ0) is 15.0. The first-order valence-electron chi connectivity index (χ1n) is 6.33. The normalized spacial score (nSPS) is 12.6. The third kappa shape index (κ3) is 2.61. The summed E-state index contributed by atoms with van der Waals surface area (Å²) >= 11 is 6.35. The summed E-state index contributed by atoms with van der Waals surface area (Å²) in [6.45, 7) is 0. The lowest BCUT2D eigenvalue weighted by Gasteiger charge is -2.14. The van der Waals surface area contributed by atoms with Crippen molar-refractivity contribution in [3.8, 4) is 0 Å². The third-order valence-electron chi connectivity index (χ3n) is 3.36. The van der Waals surface area contributed by atoms with Crippen LogP contribution in [-0.4, -0.2) is 0 Å². The molecule has 0 saturated heterocycles. The number of alkyl halides is 1. The zero-order valence-corrected chi connectivity index (χ0v) is 11.5. The van der Waals surface area contributed by atoms with Crippen molar-refractivity contribution in [2.75, 3.05) is 0 Å². The second-order valence-electron chi connectivity index (χ2n) is 4.75. The largest absolute Gasteiger partial charge is 0.207 e. The SMILES string of the molecule is Fc1cc(F)cc(C(Cl)c2ccc(F)c3ccccc23)c1. The van der Waals surface area contributed by atoms with E-state index in [1.807, 2.05) is 0 Å². The van der Waals surface area contributed by atoms with Gasteiger partial charge < -0.3 is 0 Å². The van der Waals surface area contributed by atoms with E-state index < -0.39 is 17.0 Å². The topological polar surface area (TPSA) is 0 Å². The number of fused-ring (bicyclic) bond motifs is 1. The van der Waals surface area contributed by atoms with Crippen LogP contribution in [0, 0.1) is 17.5 Å². The Kier molecular flexibility index (Phi) is 3.60. The highest BCUT2D eigenvalue weighted by Gasteiger charge is 2.17. The molecule has 0 aromatic heterocycles. The summed E-state index contributed by atoms with van der Waals surface area (Å²) in [5.74, 6) is -1.74. The van der Waals surface area contributed by atoms with Gasteiger partial charge in [0, 0.05) is 11.5 Å². The van der Waals surface area contributed by atoms with Crippen molar-refractivity contribution >= 4 is 22.4 Å². The van der Waals surface area contributed by atoms with E-state index in [2.05, 4.69) is 0 Å². The van der Waals surface area contributed by atoms with Crippen LogP contribution in [0.2, 0.25) is 0 Å². The summed E-state index contributed by atoms with van der Waals surface area (Å²) in [5.41, 5.74) is 0.907. The molecule has 0 amide bonds. The monoisotopic (exact) mass is 306 g/mol. The van der Waals surface area contributed by atoms with Gasteiger partial charge in [0.1, 0.15) is 17.5 Å². The molecule has 0 aliphatic heterocycles. The number of rotatable bonds is 2. The van der Waals surface area contributed by atoms with E-state index in [0.29, 0.717) is 21.9 Å². The molecule has 0 bridgehead atoms. The predicted octanol–water partition coefficient (Wildman–Crippen LogP) is 5.59. The molecule has 3 aromatic rings. The van der Waals surface area contributed by atoms with Crippen molar-refractivity contribution in [3.63, 3.8) is 0 Å². The van der Waals surface area contributed by atoms with Crippen molar-refractivity contribution in [2.45, 2.75) is 5.38 Å². The molecule has 0 fully saturated rings. The highest BCUT2D eigenvalue weighted by molar-refractivity contribution is 6.23. The summed E-state index contributed by atoms with van der Waals surface area (Å²) in [4.78, 5) is 0. The van der Waals surface area contributed by atoms with E-state index >= 15 is 0 Å². The summed E-state index contributed by atoms with van der Waals surface area (Å²) < 4.78 is 40.4. The molecule has 106 valence electrons. The van der Waals surface area contributed by atoms with Crippen molar-refractivity contribution in [1.82, 2.24) is 0 Å². The van der Waals surface area contributed by atoms with Crippen LogP contribution in [0.4, 0.5) is 13.2 Å². The lowest BCUT2D eigenvalue weighted by molar-refractivity contribution is 0.580. The fourth-order valence-corrected chi connectivity index (χ4v) is 2.72. The maximum atomic E-state index is 13.8. The summed E-state index contributed by atoms with van der Waals surface area (Å²) in [5, 5.41) is 0.292. The zero-order valence-electron chi connectivity index (χ0n) is 10.8. The fraction of sp³-hybridized carbons (Fsp3) is 0.0588. The Morgan fingerprint density at radius 1 is 0.762 bits per heavy atom. The quantitative estimate of drug-likeness (QED) is 0.542. The molecule has 4 heteroatoms. The maximum Gasteiger partial charge on any atom is 0.131 e. The van der Waals surface area contributed by atoms with Crippen LogP contribution >= 0.6 is 11.6 Å². The molecule has 0 radical (unpaired) electrons. The fourth-order valence-electron chi connectivity index (χ4n) is 2.41. The van der Waals surface area contributed by atoms with E-state index in [9.17, 15) is 13.2 Å². The minimum atomic E-state index is -0.763. The number of hydrogen-bond donors (Lipinski definition) is 0. The summed E-state index contributed by atoms with van der Waals surface area (Å²) in [6, 6.07) is 12.9. The Labute approximate surface area is 124 Å². The van der Waals surface area contributed by atoms with Gasteiger partial charge in [-0.1, -0.05) is 30.3 Å². The summed E-state index contributed by atoms with van der Waals surface area (Å²) in [7, 11) is 0. The highest BCUT2D eigenvalue weighted by Crippen LogP contribution is 2.35. The Morgan fingerprint density at radius 3 is 2.05 bits per heavy atom. The van der Waals surface area contributed by atoms with E-state index in [0.717, 1.165) is 6.07 Å². The molecule has 1 atom stereocenters. The van der Waals surface area contributed by atoms with E-state index in [-0.39, 0.29) is 5.82 Å². The molecule has 3 rings (SSSR count). The average molecular weight is 307 g/mol. The lowest BCUT2D eigenvalue weighted by Crippen LogP contribution is -1.97. The minimum Gasteiger partial charge on any atom is -0.207 e. The first-order chi connectivity index (χ1) is 10.1. The Balaban J connectivity index is 2.18. The molecular formula is C17H10ClF3. The van der Waals surface area contributed by atoms with Crippen molar-refractivity contribution < 1.29 is 13.2 Å². The molecule has 0 aliphatic rings. The average Bonchev–Trinajstić information content (AvgIpc) is 2.46. The number of hydrogen-bond acceptors (Lipinski definition) is 0. The van der Waals surface area contributed by atoms with E-state index in [4.69, 9.17) is 11.6 Å². The van der Waals surface area contributed by atoms with Crippen LogP contribution < -0.4 is 0 Å². The number of halogens is 4. The van der Waals surface area contributed by atoms with E-state index in [1.165, 1.54) is 24.3 Å². The first-order valence-corrected chi connectivity index (χ1v) is 6.77. The smallest absolute Gasteiger partial charge is 0.131 e. The van der Waals surface area contributed by atoms with Crippen LogP contribution in [0.5, 0.6) is 0 Å². The van der Waals surface area contributed by atoms with Gasteiger partial charge in [-0.25, -0.2) is 13.2 Å².